The SMILES string of the molecule is CC(C)(C)c1csc(CC2(F)CCC(N)C2)n1. The van der Waals surface area contributed by atoms with Gasteiger partial charge in [0, 0.05) is 23.3 Å². The van der Waals surface area contributed by atoms with E-state index in [1.165, 1.54) is 0 Å². The van der Waals surface area contributed by atoms with Crippen molar-refractivity contribution in [1.29, 1.82) is 0 Å². The van der Waals surface area contributed by atoms with E-state index in [0.29, 0.717) is 19.3 Å². The summed E-state index contributed by atoms with van der Waals surface area (Å²) in [6.45, 7) is 6.38. The highest BCUT2D eigenvalue weighted by molar-refractivity contribution is 7.09. The molecule has 0 aromatic carbocycles. The normalized spacial score (nSPS) is 29.8. The predicted molar refractivity (Wildman–Crippen MR) is 70.2 cm³/mol. The second kappa shape index (κ2) is 4.32. The number of nitrogens with zero attached hydrogens (tertiary/aromatic N) is 1. The Labute approximate surface area is 106 Å². The molecule has 0 spiro atoms. The average molecular weight is 256 g/mol. The van der Waals surface area contributed by atoms with Crippen LogP contribution in [0.2, 0.25) is 0 Å². The van der Waals surface area contributed by atoms with Gasteiger partial charge in [0.25, 0.3) is 0 Å². The predicted octanol–water partition coefficient (Wildman–Crippen LogP) is 3.20. The van der Waals surface area contributed by atoms with Crippen LogP contribution in [0.25, 0.3) is 0 Å². The van der Waals surface area contributed by atoms with Crippen molar-refractivity contribution in [2.75, 3.05) is 0 Å². The van der Waals surface area contributed by atoms with E-state index in [-0.39, 0.29) is 11.5 Å². The van der Waals surface area contributed by atoms with Crippen LogP contribution in [-0.2, 0) is 11.8 Å². The van der Waals surface area contributed by atoms with Gasteiger partial charge in [0.15, 0.2) is 0 Å². The summed E-state index contributed by atoms with van der Waals surface area (Å²) in [6.07, 6.45) is 2.30. The lowest BCUT2D eigenvalue weighted by Crippen LogP contribution is -2.25. The Balaban J connectivity index is 2.07. The molecule has 4 heteroatoms. The van der Waals surface area contributed by atoms with Crippen LogP contribution in [0.3, 0.4) is 0 Å². The smallest absolute Gasteiger partial charge is 0.119 e. The minimum absolute atomic E-state index is 0.0297. The largest absolute Gasteiger partial charge is 0.328 e. The monoisotopic (exact) mass is 256 g/mol. The highest BCUT2D eigenvalue weighted by Crippen LogP contribution is 2.37. The van der Waals surface area contributed by atoms with Crippen molar-refractivity contribution in [3.63, 3.8) is 0 Å². The molecule has 1 fully saturated rings. The molecule has 0 bridgehead atoms. The lowest BCUT2D eigenvalue weighted by molar-refractivity contribution is 0.170. The van der Waals surface area contributed by atoms with Gasteiger partial charge in [-0.25, -0.2) is 9.37 Å². The van der Waals surface area contributed by atoms with Gasteiger partial charge in [-0.2, -0.15) is 0 Å². The Morgan fingerprint density at radius 2 is 2.29 bits per heavy atom. The van der Waals surface area contributed by atoms with E-state index < -0.39 is 5.67 Å². The zero-order chi connectivity index (χ0) is 12.7. The second-order valence-corrected chi connectivity index (χ2v) is 7.15. The summed E-state index contributed by atoms with van der Waals surface area (Å²) in [5.41, 5.74) is 5.77. The minimum atomic E-state index is -1.12. The second-order valence-electron chi connectivity index (χ2n) is 6.21. The molecule has 0 saturated heterocycles. The molecule has 1 aromatic heterocycles. The molecule has 0 amide bonds. The third kappa shape index (κ3) is 3.05. The number of aromatic nitrogens is 1. The summed E-state index contributed by atoms with van der Waals surface area (Å²) in [4.78, 5) is 4.55. The molecule has 1 aromatic rings. The summed E-state index contributed by atoms with van der Waals surface area (Å²) in [6, 6.07) is 0.0297. The number of hydrogen-bond acceptors (Lipinski definition) is 3. The van der Waals surface area contributed by atoms with Crippen molar-refractivity contribution in [3.8, 4) is 0 Å². The van der Waals surface area contributed by atoms with E-state index in [2.05, 4.69) is 25.8 Å². The number of halogens is 1. The molecule has 2 N–H and O–H groups in total. The number of thiazole rings is 1. The van der Waals surface area contributed by atoms with Gasteiger partial charge in [-0.05, 0) is 19.3 Å². The maximum absolute atomic E-state index is 14.4. The van der Waals surface area contributed by atoms with Crippen LogP contribution in [-0.4, -0.2) is 16.7 Å². The molecule has 2 rings (SSSR count). The summed E-state index contributed by atoms with van der Waals surface area (Å²) < 4.78 is 14.4. The minimum Gasteiger partial charge on any atom is -0.328 e. The van der Waals surface area contributed by atoms with Gasteiger partial charge in [-0.15, -0.1) is 11.3 Å². The lowest BCUT2D eigenvalue weighted by atomic mass is 9.93. The standard InChI is InChI=1S/C13H21FN2S/c1-12(2,3)10-8-17-11(16-10)7-13(14)5-4-9(15)6-13/h8-9H,4-7,15H2,1-3H3. The summed E-state index contributed by atoms with van der Waals surface area (Å²) >= 11 is 1.57. The molecule has 1 aliphatic carbocycles. The topological polar surface area (TPSA) is 38.9 Å². The molecule has 2 atom stereocenters. The Kier molecular flexibility index (Phi) is 3.29. The fourth-order valence-electron chi connectivity index (χ4n) is 2.29. The summed E-state index contributed by atoms with van der Waals surface area (Å²) in [5, 5.41) is 2.96. The molecule has 17 heavy (non-hydrogen) atoms. The first-order chi connectivity index (χ1) is 7.78. The van der Waals surface area contributed by atoms with E-state index >= 15 is 0 Å². The molecule has 0 aliphatic heterocycles. The Morgan fingerprint density at radius 3 is 2.76 bits per heavy atom. The van der Waals surface area contributed by atoms with Crippen molar-refractivity contribution < 1.29 is 4.39 Å². The zero-order valence-electron chi connectivity index (χ0n) is 10.8. The molecular weight excluding hydrogens is 235 g/mol. The van der Waals surface area contributed by atoms with Gasteiger partial charge in [0.1, 0.15) is 5.67 Å². The van der Waals surface area contributed by atoms with E-state index in [1.54, 1.807) is 11.3 Å². The zero-order valence-corrected chi connectivity index (χ0v) is 11.6. The average Bonchev–Trinajstić information content (AvgIpc) is 2.73. The molecule has 1 saturated carbocycles. The number of alkyl halides is 1. The van der Waals surface area contributed by atoms with E-state index in [4.69, 9.17) is 5.73 Å². The van der Waals surface area contributed by atoms with Crippen LogP contribution < -0.4 is 5.73 Å². The van der Waals surface area contributed by atoms with Gasteiger partial charge < -0.3 is 5.73 Å². The van der Waals surface area contributed by atoms with Crippen LogP contribution in [0.15, 0.2) is 5.38 Å². The van der Waals surface area contributed by atoms with Crippen molar-refractivity contribution in [2.45, 2.75) is 63.6 Å². The molecule has 1 heterocycles. The highest BCUT2D eigenvalue weighted by atomic mass is 32.1. The van der Waals surface area contributed by atoms with Gasteiger partial charge in [0.05, 0.1) is 10.7 Å². The van der Waals surface area contributed by atoms with Crippen LogP contribution >= 0.6 is 11.3 Å². The van der Waals surface area contributed by atoms with Crippen molar-refractivity contribution in [3.05, 3.63) is 16.1 Å². The third-order valence-electron chi connectivity index (χ3n) is 3.38. The first-order valence-electron chi connectivity index (χ1n) is 6.18. The van der Waals surface area contributed by atoms with Crippen molar-refractivity contribution in [1.82, 2.24) is 4.98 Å². The Hall–Kier alpha value is -0.480. The molecule has 2 unspecified atom stereocenters. The maximum atomic E-state index is 14.4. The maximum Gasteiger partial charge on any atom is 0.119 e. The number of rotatable bonds is 2. The van der Waals surface area contributed by atoms with Gasteiger partial charge in [-0.3, -0.25) is 0 Å². The van der Waals surface area contributed by atoms with Gasteiger partial charge in [-0.1, -0.05) is 20.8 Å². The van der Waals surface area contributed by atoms with Crippen molar-refractivity contribution >= 4 is 11.3 Å². The van der Waals surface area contributed by atoms with Gasteiger partial charge >= 0.3 is 0 Å². The molecule has 0 radical (unpaired) electrons. The molecule has 2 nitrogen and oxygen atoms in total. The van der Waals surface area contributed by atoms with Crippen molar-refractivity contribution in [2.24, 2.45) is 5.73 Å². The quantitative estimate of drug-likeness (QED) is 0.882. The van der Waals surface area contributed by atoms with Crippen LogP contribution in [0.5, 0.6) is 0 Å². The Bertz CT molecular complexity index is 396. The van der Waals surface area contributed by atoms with E-state index in [1.807, 2.05) is 5.38 Å². The first-order valence-corrected chi connectivity index (χ1v) is 7.06. The van der Waals surface area contributed by atoms with E-state index in [0.717, 1.165) is 17.1 Å². The molecular formula is C13H21FN2S. The molecule has 1 aliphatic rings. The van der Waals surface area contributed by atoms with Crippen LogP contribution in [0.4, 0.5) is 4.39 Å². The van der Waals surface area contributed by atoms with Gasteiger partial charge in [0.2, 0.25) is 0 Å². The third-order valence-corrected chi connectivity index (χ3v) is 4.23. The van der Waals surface area contributed by atoms with E-state index in [9.17, 15) is 4.39 Å². The Morgan fingerprint density at radius 1 is 1.59 bits per heavy atom. The van der Waals surface area contributed by atoms with Crippen LogP contribution in [0, 0.1) is 0 Å². The van der Waals surface area contributed by atoms with Crippen LogP contribution in [0.1, 0.15) is 50.7 Å². The number of hydrogen-bond donors (Lipinski definition) is 1. The fourth-order valence-corrected chi connectivity index (χ4v) is 3.43. The summed E-state index contributed by atoms with van der Waals surface area (Å²) in [7, 11) is 0. The lowest BCUT2D eigenvalue weighted by Gasteiger charge is -2.18. The summed E-state index contributed by atoms with van der Waals surface area (Å²) in [5.74, 6) is 0. The fraction of sp³-hybridized carbons (Fsp3) is 0.769. The molecule has 96 valence electrons. The highest BCUT2D eigenvalue weighted by Gasteiger charge is 2.38. The first kappa shape index (κ1) is 13.0. The number of nitrogens with two attached hydrogens (primary N) is 1.